The molecule has 2 aromatic heterocycles. The van der Waals surface area contributed by atoms with Gasteiger partial charge in [0.25, 0.3) is 0 Å². The van der Waals surface area contributed by atoms with Crippen LogP contribution in [0.25, 0.3) is 11.4 Å². The van der Waals surface area contributed by atoms with E-state index in [4.69, 9.17) is 0 Å². The van der Waals surface area contributed by atoms with Crippen LogP contribution in [0, 0.1) is 0 Å². The monoisotopic (exact) mass is 203 g/mol. The Labute approximate surface area is 88.2 Å². The lowest BCUT2D eigenvalue weighted by atomic mass is 10.3. The number of hydrogen-bond acceptors (Lipinski definition) is 4. The molecular formula is C10H13N5. The summed E-state index contributed by atoms with van der Waals surface area (Å²) in [4.78, 5) is 8.51. The van der Waals surface area contributed by atoms with Crippen molar-refractivity contribution in [2.75, 3.05) is 11.9 Å². The van der Waals surface area contributed by atoms with Crippen molar-refractivity contribution >= 4 is 5.82 Å². The van der Waals surface area contributed by atoms with E-state index < -0.39 is 0 Å². The Morgan fingerprint density at radius 2 is 2.20 bits per heavy atom. The second-order valence-electron chi connectivity index (χ2n) is 3.19. The first kappa shape index (κ1) is 9.64. The molecule has 2 rings (SSSR count). The molecule has 78 valence electrons. The van der Waals surface area contributed by atoms with Crippen molar-refractivity contribution in [1.82, 2.24) is 19.7 Å². The highest BCUT2D eigenvalue weighted by Gasteiger charge is 2.03. The van der Waals surface area contributed by atoms with E-state index >= 15 is 0 Å². The quantitative estimate of drug-likeness (QED) is 0.817. The third-order valence-corrected chi connectivity index (χ3v) is 1.97. The number of nitrogens with one attached hydrogen (secondary N) is 1. The van der Waals surface area contributed by atoms with Crippen LogP contribution in [0.1, 0.15) is 6.92 Å². The highest BCUT2D eigenvalue weighted by Crippen LogP contribution is 2.14. The highest BCUT2D eigenvalue weighted by molar-refractivity contribution is 5.54. The zero-order valence-corrected chi connectivity index (χ0v) is 8.81. The molecule has 15 heavy (non-hydrogen) atoms. The molecule has 0 saturated carbocycles. The van der Waals surface area contributed by atoms with Crippen LogP contribution in [0.2, 0.25) is 0 Å². The molecule has 2 heterocycles. The molecule has 0 unspecified atom stereocenters. The van der Waals surface area contributed by atoms with Gasteiger partial charge in [-0.3, -0.25) is 9.67 Å². The Hall–Kier alpha value is -1.91. The van der Waals surface area contributed by atoms with E-state index in [0.717, 1.165) is 23.8 Å². The molecule has 0 radical (unpaired) electrons. The van der Waals surface area contributed by atoms with E-state index in [1.807, 2.05) is 26.2 Å². The summed E-state index contributed by atoms with van der Waals surface area (Å²) in [6, 6.07) is 1.92. The normalized spacial score (nSPS) is 10.3. The van der Waals surface area contributed by atoms with Crippen LogP contribution in [0.4, 0.5) is 5.82 Å². The Bertz CT molecular complexity index is 449. The Morgan fingerprint density at radius 1 is 1.33 bits per heavy atom. The third kappa shape index (κ3) is 2.12. The topological polar surface area (TPSA) is 55.6 Å². The minimum atomic E-state index is 0.778. The lowest BCUT2D eigenvalue weighted by molar-refractivity contribution is 0.769. The summed E-state index contributed by atoms with van der Waals surface area (Å²) < 4.78 is 1.75. The SMILES string of the molecule is CCNc1cncc(-c2ccn(C)n2)n1. The van der Waals surface area contributed by atoms with Gasteiger partial charge in [0.15, 0.2) is 0 Å². The van der Waals surface area contributed by atoms with E-state index in [2.05, 4.69) is 20.4 Å². The van der Waals surface area contributed by atoms with Gasteiger partial charge in [-0.05, 0) is 13.0 Å². The van der Waals surface area contributed by atoms with Crippen molar-refractivity contribution in [1.29, 1.82) is 0 Å². The number of hydrogen-bond donors (Lipinski definition) is 1. The Balaban J connectivity index is 2.32. The summed E-state index contributed by atoms with van der Waals surface area (Å²) in [6.07, 6.45) is 5.30. The molecule has 0 spiro atoms. The number of aromatic nitrogens is 4. The van der Waals surface area contributed by atoms with Crippen molar-refractivity contribution < 1.29 is 0 Å². The van der Waals surface area contributed by atoms with Crippen LogP contribution in [-0.2, 0) is 7.05 Å². The van der Waals surface area contributed by atoms with E-state index in [-0.39, 0.29) is 0 Å². The Kier molecular flexibility index (Phi) is 2.62. The Morgan fingerprint density at radius 3 is 2.87 bits per heavy atom. The van der Waals surface area contributed by atoms with Crippen molar-refractivity contribution in [3.05, 3.63) is 24.7 Å². The molecule has 0 fully saturated rings. The second kappa shape index (κ2) is 4.08. The van der Waals surface area contributed by atoms with Gasteiger partial charge in [-0.25, -0.2) is 4.98 Å². The van der Waals surface area contributed by atoms with Crippen molar-refractivity contribution in [3.63, 3.8) is 0 Å². The van der Waals surface area contributed by atoms with Crippen molar-refractivity contribution in [3.8, 4) is 11.4 Å². The minimum Gasteiger partial charge on any atom is -0.369 e. The number of anilines is 1. The van der Waals surface area contributed by atoms with Gasteiger partial charge in [-0.15, -0.1) is 0 Å². The molecular weight excluding hydrogens is 190 g/mol. The first-order valence-corrected chi connectivity index (χ1v) is 4.85. The predicted octanol–water partition coefficient (Wildman–Crippen LogP) is 1.31. The summed E-state index contributed by atoms with van der Waals surface area (Å²) in [5.74, 6) is 0.778. The van der Waals surface area contributed by atoms with Crippen molar-refractivity contribution in [2.45, 2.75) is 6.92 Å². The van der Waals surface area contributed by atoms with Crippen LogP contribution in [0.3, 0.4) is 0 Å². The first-order chi connectivity index (χ1) is 7.29. The molecule has 5 nitrogen and oxygen atoms in total. The van der Waals surface area contributed by atoms with Crippen LogP contribution in [0.5, 0.6) is 0 Å². The molecule has 0 bridgehead atoms. The van der Waals surface area contributed by atoms with Gasteiger partial charge in [0.1, 0.15) is 17.2 Å². The fraction of sp³-hybridized carbons (Fsp3) is 0.300. The second-order valence-corrected chi connectivity index (χ2v) is 3.19. The van der Waals surface area contributed by atoms with Crippen molar-refractivity contribution in [2.24, 2.45) is 7.05 Å². The van der Waals surface area contributed by atoms with Crippen LogP contribution in [0.15, 0.2) is 24.7 Å². The van der Waals surface area contributed by atoms with E-state index in [1.54, 1.807) is 17.1 Å². The smallest absolute Gasteiger partial charge is 0.145 e. The van der Waals surface area contributed by atoms with Gasteiger partial charge >= 0.3 is 0 Å². The molecule has 0 aliphatic rings. The van der Waals surface area contributed by atoms with Crippen LogP contribution >= 0.6 is 0 Å². The third-order valence-electron chi connectivity index (χ3n) is 1.97. The standard InChI is InChI=1S/C10H13N5/c1-3-12-10-7-11-6-9(13-10)8-4-5-15(2)14-8/h4-7H,3H2,1-2H3,(H,12,13). The summed E-state index contributed by atoms with van der Waals surface area (Å²) in [5.41, 5.74) is 1.62. The average Bonchev–Trinajstić information content (AvgIpc) is 2.66. The van der Waals surface area contributed by atoms with Gasteiger partial charge in [0.05, 0.1) is 12.4 Å². The maximum Gasteiger partial charge on any atom is 0.145 e. The maximum absolute atomic E-state index is 4.40. The van der Waals surface area contributed by atoms with Crippen LogP contribution < -0.4 is 5.32 Å². The van der Waals surface area contributed by atoms with Gasteiger partial charge in [0, 0.05) is 19.8 Å². The van der Waals surface area contributed by atoms with Gasteiger partial charge in [-0.1, -0.05) is 0 Å². The summed E-state index contributed by atoms with van der Waals surface area (Å²) in [5, 5.41) is 7.38. The zero-order chi connectivity index (χ0) is 10.7. The first-order valence-electron chi connectivity index (χ1n) is 4.85. The fourth-order valence-corrected chi connectivity index (χ4v) is 1.31. The van der Waals surface area contributed by atoms with E-state index in [9.17, 15) is 0 Å². The summed E-state index contributed by atoms with van der Waals surface area (Å²) >= 11 is 0. The number of aryl methyl sites for hydroxylation is 1. The number of rotatable bonds is 3. The lowest BCUT2D eigenvalue weighted by Crippen LogP contribution is -2.00. The summed E-state index contributed by atoms with van der Waals surface area (Å²) in [7, 11) is 1.88. The molecule has 1 N–H and O–H groups in total. The maximum atomic E-state index is 4.40. The predicted molar refractivity (Wildman–Crippen MR) is 58.4 cm³/mol. The highest BCUT2D eigenvalue weighted by atomic mass is 15.3. The van der Waals surface area contributed by atoms with E-state index in [1.165, 1.54) is 0 Å². The van der Waals surface area contributed by atoms with Gasteiger partial charge < -0.3 is 5.32 Å². The largest absolute Gasteiger partial charge is 0.369 e. The molecule has 0 aromatic carbocycles. The van der Waals surface area contributed by atoms with Gasteiger partial charge in [-0.2, -0.15) is 5.10 Å². The molecule has 0 amide bonds. The van der Waals surface area contributed by atoms with Crippen LogP contribution in [-0.4, -0.2) is 26.3 Å². The molecule has 0 saturated heterocycles. The average molecular weight is 203 g/mol. The fourth-order valence-electron chi connectivity index (χ4n) is 1.31. The lowest BCUT2D eigenvalue weighted by Gasteiger charge is -2.02. The summed E-state index contributed by atoms with van der Waals surface area (Å²) in [6.45, 7) is 2.86. The molecule has 5 heteroatoms. The van der Waals surface area contributed by atoms with Gasteiger partial charge in [0.2, 0.25) is 0 Å². The number of nitrogens with zero attached hydrogens (tertiary/aromatic N) is 4. The molecule has 0 aliphatic carbocycles. The molecule has 0 aliphatic heterocycles. The van der Waals surface area contributed by atoms with E-state index in [0.29, 0.717) is 0 Å². The molecule has 2 aromatic rings. The minimum absolute atomic E-state index is 0.778. The zero-order valence-electron chi connectivity index (χ0n) is 8.81. The molecule has 0 atom stereocenters.